The maximum Gasteiger partial charge on any atom is 0.257 e. The van der Waals surface area contributed by atoms with Gasteiger partial charge in [-0.2, -0.15) is 0 Å². The van der Waals surface area contributed by atoms with Gasteiger partial charge in [0, 0.05) is 12.5 Å². The van der Waals surface area contributed by atoms with Crippen molar-refractivity contribution < 1.29 is 8.42 Å². The van der Waals surface area contributed by atoms with Gasteiger partial charge in [0.25, 0.3) is 10.0 Å². The number of sulfonamides is 1. The van der Waals surface area contributed by atoms with Crippen molar-refractivity contribution in [2.24, 2.45) is 0 Å². The fourth-order valence-electron chi connectivity index (χ4n) is 1.75. The van der Waals surface area contributed by atoms with Gasteiger partial charge in [0.15, 0.2) is 5.03 Å². The summed E-state index contributed by atoms with van der Waals surface area (Å²) in [5.74, 6) is 0.689. The molecule has 0 aliphatic carbocycles. The molecular formula is C12H23N3O2S. The predicted octanol–water partition coefficient (Wildman–Crippen LogP) is 2.22. The molecule has 1 unspecified atom stereocenters. The summed E-state index contributed by atoms with van der Waals surface area (Å²) in [6, 6.07) is -0.0464. The van der Waals surface area contributed by atoms with Crippen LogP contribution in [-0.4, -0.2) is 24.4 Å². The number of aromatic amines is 1. The second-order valence-electron chi connectivity index (χ2n) is 4.57. The summed E-state index contributed by atoms with van der Waals surface area (Å²) in [6.45, 7) is 5.95. The van der Waals surface area contributed by atoms with Gasteiger partial charge < -0.3 is 4.98 Å². The first-order valence-electron chi connectivity index (χ1n) is 6.55. The van der Waals surface area contributed by atoms with Gasteiger partial charge >= 0.3 is 0 Å². The first-order valence-corrected chi connectivity index (χ1v) is 8.04. The van der Waals surface area contributed by atoms with Crippen LogP contribution in [0.25, 0.3) is 0 Å². The number of aryl methyl sites for hydroxylation is 1. The van der Waals surface area contributed by atoms with Crippen molar-refractivity contribution in [3.05, 3.63) is 12.0 Å². The molecule has 5 nitrogen and oxygen atoms in total. The third-order valence-corrected chi connectivity index (χ3v) is 4.33. The van der Waals surface area contributed by atoms with Gasteiger partial charge in [-0.1, -0.05) is 33.1 Å². The fraction of sp³-hybridized carbons (Fsp3) is 0.750. The van der Waals surface area contributed by atoms with Crippen LogP contribution in [0.3, 0.4) is 0 Å². The van der Waals surface area contributed by atoms with Crippen molar-refractivity contribution in [3.63, 3.8) is 0 Å². The Morgan fingerprint density at radius 2 is 2.11 bits per heavy atom. The lowest BCUT2D eigenvalue weighted by Gasteiger charge is -2.12. The van der Waals surface area contributed by atoms with Gasteiger partial charge in [0.1, 0.15) is 5.82 Å². The van der Waals surface area contributed by atoms with Crippen LogP contribution >= 0.6 is 0 Å². The maximum atomic E-state index is 12.0. The lowest BCUT2D eigenvalue weighted by molar-refractivity contribution is 0.525. The van der Waals surface area contributed by atoms with Crippen molar-refractivity contribution >= 4 is 10.0 Å². The number of unbranched alkanes of at least 4 members (excludes halogenated alkanes) is 2. The highest BCUT2D eigenvalue weighted by atomic mass is 32.2. The number of nitrogens with one attached hydrogen (secondary N) is 2. The Kier molecular flexibility index (Phi) is 5.81. The number of hydrogen-bond acceptors (Lipinski definition) is 3. The summed E-state index contributed by atoms with van der Waals surface area (Å²) in [5.41, 5.74) is 0. The molecular weight excluding hydrogens is 250 g/mol. The Morgan fingerprint density at radius 3 is 2.67 bits per heavy atom. The van der Waals surface area contributed by atoms with E-state index in [0.29, 0.717) is 12.2 Å². The molecule has 1 atom stereocenters. The van der Waals surface area contributed by atoms with Gasteiger partial charge in [-0.15, -0.1) is 0 Å². The van der Waals surface area contributed by atoms with Crippen LogP contribution in [0.15, 0.2) is 11.2 Å². The Hall–Kier alpha value is -0.880. The molecule has 1 rings (SSSR count). The van der Waals surface area contributed by atoms with E-state index in [9.17, 15) is 8.42 Å². The van der Waals surface area contributed by atoms with Gasteiger partial charge in [-0.05, 0) is 13.3 Å². The Morgan fingerprint density at radius 1 is 1.39 bits per heavy atom. The van der Waals surface area contributed by atoms with E-state index < -0.39 is 10.0 Å². The van der Waals surface area contributed by atoms with E-state index in [4.69, 9.17) is 0 Å². The highest BCUT2D eigenvalue weighted by Gasteiger charge is 2.19. The van der Waals surface area contributed by atoms with Gasteiger partial charge in [0.05, 0.1) is 6.20 Å². The fourth-order valence-corrected chi connectivity index (χ4v) is 2.97. The van der Waals surface area contributed by atoms with E-state index in [1.54, 1.807) is 0 Å². The van der Waals surface area contributed by atoms with E-state index in [1.807, 2.05) is 13.8 Å². The maximum absolute atomic E-state index is 12.0. The van der Waals surface area contributed by atoms with Crippen LogP contribution in [-0.2, 0) is 16.4 Å². The molecule has 0 bridgehead atoms. The second-order valence-corrected chi connectivity index (χ2v) is 6.25. The van der Waals surface area contributed by atoms with Crippen LogP contribution < -0.4 is 4.72 Å². The van der Waals surface area contributed by atoms with Crippen molar-refractivity contribution in [1.82, 2.24) is 14.7 Å². The van der Waals surface area contributed by atoms with Crippen molar-refractivity contribution in [1.29, 1.82) is 0 Å². The molecule has 0 saturated carbocycles. The summed E-state index contributed by atoms with van der Waals surface area (Å²) >= 11 is 0. The molecule has 0 fully saturated rings. The second kappa shape index (κ2) is 6.89. The molecule has 0 aromatic carbocycles. The van der Waals surface area contributed by atoms with E-state index in [0.717, 1.165) is 25.7 Å². The van der Waals surface area contributed by atoms with Crippen molar-refractivity contribution in [2.45, 2.75) is 63.9 Å². The third-order valence-electron chi connectivity index (χ3n) is 2.83. The minimum Gasteiger partial charge on any atom is -0.332 e. The Labute approximate surface area is 109 Å². The first kappa shape index (κ1) is 15.2. The molecule has 1 heterocycles. The van der Waals surface area contributed by atoms with Crippen LogP contribution in [0.5, 0.6) is 0 Å². The molecule has 0 radical (unpaired) electrons. The molecule has 2 N–H and O–H groups in total. The monoisotopic (exact) mass is 273 g/mol. The van der Waals surface area contributed by atoms with Crippen molar-refractivity contribution in [3.8, 4) is 0 Å². The molecule has 104 valence electrons. The SMILES string of the molecule is CCCCCC(C)NS(=O)(=O)c1cnc(CC)[nH]1. The number of rotatable bonds is 8. The number of nitrogens with zero attached hydrogens (tertiary/aromatic N) is 1. The number of aromatic nitrogens is 2. The minimum atomic E-state index is -3.45. The molecule has 0 aliphatic heterocycles. The van der Waals surface area contributed by atoms with E-state index in [-0.39, 0.29) is 11.1 Å². The molecule has 18 heavy (non-hydrogen) atoms. The van der Waals surface area contributed by atoms with Crippen LogP contribution in [0.2, 0.25) is 0 Å². The lowest BCUT2D eigenvalue weighted by Crippen LogP contribution is -2.32. The number of H-pyrrole nitrogens is 1. The Bertz CT molecular complexity index is 454. The summed E-state index contributed by atoms with van der Waals surface area (Å²) in [7, 11) is -3.45. The number of imidazole rings is 1. The van der Waals surface area contributed by atoms with Crippen LogP contribution in [0, 0.1) is 0 Å². The molecule has 0 aliphatic rings. The van der Waals surface area contributed by atoms with Gasteiger partial charge in [-0.25, -0.2) is 18.1 Å². The molecule has 0 spiro atoms. The molecule has 0 saturated heterocycles. The smallest absolute Gasteiger partial charge is 0.257 e. The molecule has 1 aromatic heterocycles. The molecule has 0 amide bonds. The summed E-state index contributed by atoms with van der Waals surface area (Å²) in [4.78, 5) is 6.82. The minimum absolute atomic E-state index is 0.0464. The van der Waals surface area contributed by atoms with Crippen LogP contribution in [0.4, 0.5) is 0 Å². The van der Waals surface area contributed by atoms with E-state index in [1.165, 1.54) is 6.20 Å². The van der Waals surface area contributed by atoms with Crippen molar-refractivity contribution in [2.75, 3.05) is 0 Å². The topological polar surface area (TPSA) is 74.8 Å². The standard InChI is InChI=1S/C12H23N3O2S/c1-4-6-7-8-10(3)15-18(16,17)12-9-13-11(5-2)14-12/h9-10,15H,4-8H2,1-3H3,(H,13,14). The lowest BCUT2D eigenvalue weighted by atomic mass is 10.1. The summed E-state index contributed by atoms with van der Waals surface area (Å²) in [5, 5.41) is 0.154. The Balaban J connectivity index is 2.58. The zero-order valence-corrected chi connectivity index (χ0v) is 12.2. The summed E-state index contributed by atoms with van der Waals surface area (Å²) < 4.78 is 26.7. The van der Waals surface area contributed by atoms with E-state index >= 15 is 0 Å². The normalized spacial score (nSPS) is 13.7. The predicted molar refractivity (Wildman–Crippen MR) is 71.9 cm³/mol. The van der Waals surface area contributed by atoms with Crippen LogP contribution in [0.1, 0.15) is 52.3 Å². The molecule has 6 heteroatoms. The average molecular weight is 273 g/mol. The first-order chi connectivity index (χ1) is 8.49. The zero-order chi connectivity index (χ0) is 13.6. The quantitative estimate of drug-likeness (QED) is 0.713. The number of hydrogen-bond donors (Lipinski definition) is 2. The van der Waals surface area contributed by atoms with Gasteiger partial charge in [0.2, 0.25) is 0 Å². The third kappa shape index (κ3) is 4.42. The van der Waals surface area contributed by atoms with Gasteiger partial charge in [-0.3, -0.25) is 0 Å². The summed E-state index contributed by atoms with van der Waals surface area (Å²) in [6.07, 6.45) is 6.25. The average Bonchev–Trinajstić information content (AvgIpc) is 2.78. The van der Waals surface area contributed by atoms with E-state index in [2.05, 4.69) is 21.6 Å². The molecule has 1 aromatic rings. The largest absolute Gasteiger partial charge is 0.332 e. The zero-order valence-electron chi connectivity index (χ0n) is 11.4. The highest BCUT2D eigenvalue weighted by Crippen LogP contribution is 2.09. The highest BCUT2D eigenvalue weighted by molar-refractivity contribution is 7.89.